The molecule has 1 rings (SSSR count). The maximum atomic E-state index is 4.01. The standard InChI is InChI=1S/C9H10IN/c1-9(11-2)6-3-4-8(10)5-7-9/h3-7H,2H2,1H3. The molecule has 2 heteroatoms. The Morgan fingerprint density at radius 1 is 1.55 bits per heavy atom. The van der Waals surface area contributed by atoms with E-state index in [1.54, 1.807) is 0 Å². The highest BCUT2D eigenvalue weighted by atomic mass is 127. The highest BCUT2D eigenvalue weighted by Gasteiger charge is 2.13. The van der Waals surface area contributed by atoms with E-state index in [9.17, 15) is 0 Å². The van der Waals surface area contributed by atoms with Gasteiger partial charge in [-0.2, -0.15) is 0 Å². The highest BCUT2D eigenvalue weighted by Crippen LogP contribution is 2.20. The third-order valence-electron chi connectivity index (χ3n) is 1.61. The summed E-state index contributed by atoms with van der Waals surface area (Å²) >= 11 is 2.28. The summed E-state index contributed by atoms with van der Waals surface area (Å²) < 4.78 is 1.21. The van der Waals surface area contributed by atoms with Crippen molar-refractivity contribution in [1.29, 1.82) is 0 Å². The zero-order valence-corrected chi connectivity index (χ0v) is 8.58. The molecule has 11 heavy (non-hydrogen) atoms. The molecular formula is C9H10IN. The van der Waals surface area contributed by atoms with Gasteiger partial charge in [0.2, 0.25) is 0 Å². The molecule has 1 aliphatic rings. The first kappa shape index (κ1) is 8.71. The van der Waals surface area contributed by atoms with Crippen molar-refractivity contribution in [2.75, 3.05) is 0 Å². The predicted octanol–water partition coefficient (Wildman–Crippen LogP) is 2.89. The molecular weight excluding hydrogens is 249 g/mol. The van der Waals surface area contributed by atoms with E-state index in [4.69, 9.17) is 0 Å². The van der Waals surface area contributed by atoms with E-state index < -0.39 is 0 Å². The summed E-state index contributed by atoms with van der Waals surface area (Å²) in [6, 6.07) is 0. The maximum absolute atomic E-state index is 4.01. The van der Waals surface area contributed by atoms with Gasteiger partial charge in [0.15, 0.2) is 0 Å². The normalized spacial score (nSPS) is 29.5. The Kier molecular flexibility index (Phi) is 2.65. The largest absolute Gasteiger partial charge is 0.286 e. The minimum absolute atomic E-state index is 0.219. The van der Waals surface area contributed by atoms with Crippen molar-refractivity contribution >= 4 is 29.3 Å². The van der Waals surface area contributed by atoms with Crippen LogP contribution in [0.1, 0.15) is 6.92 Å². The second kappa shape index (κ2) is 3.34. The van der Waals surface area contributed by atoms with Crippen LogP contribution in [-0.2, 0) is 0 Å². The average molecular weight is 259 g/mol. The minimum Gasteiger partial charge on any atom is -0.286 e. The lowest BCUT2D eigenvalue weighted by atomic mass is 10.0. The molecule has 1 aliphatic carbocycles. The molecule has 58 valence electrons. The number of nitrogens with zero attached hydrogens (tertiary/aromatic N) is 1. The molecule has 0 fully saturated rings. The first-order valence-electron chi connectivity index (χ1n) is 3.38. The van der Waals surface area contributed by atoms with Crippen molar-refractivity contribution in [3.63, 3.8) is 0 Å². The lowest BCUT2D eigenvalue weighted by molar-refractivity contribution is 0.746. The second-order valence-corrected chi connectivity index (χ2v) is 3.87. The molecule has 0 spiro atoms. The summed E-state index contributed by atoms with van der Waals surface area (Å²) in [4.78, 5) is 4.01. The van der Waals surface area contributed by atoms with Gasteiger partial charge in [0.25, 0.3) is 0 Å². The number of rotatable bonds is 1. The minimum atomic E-state index is -0.219. The summed E-state index contributed by atoms with van der Waals surface area (Å²) in [5, 5.41) is 0. The number of allylic oxidation sites excluding steroid dienone is 4. The Balaban J connectivity index is 2.95. The Morgan fingerprint density at radius 3 is 2.91 bits per heavy atom. The van der Waals surface area contributed by atoms with Gasteiger partial charge in [-0.05, 0) is 42.3 Å². The lowest BCUT2D eigenvalue weighted by Gasteiger charge is -2.13. The SMILES string of the molecule is C=NC1(C)C=CC=C(I)C=C1. The summed E-state index contributed by atoms with van der Waals surface area (Å²) in [6.07, 6.45) is 10.2. The van der Waals surface area contributed by atoms with Crippen LogP contribution in [0.3, 0.4) is 0 Å². The first-order valence-corrected chi connectivity index (χ1v) is 4.46. The van der Waals surface area contributed by atoms with E-state index in [0.29, 0.717) is 0 Å². The van der Waals surface area contributed by atoms with Crippen LogP contribution in [0.2, 0.25) is 0 Å². The molecule has 0 aliphatic heterocycles. The van der Waals surface area contributed by atoms with E-state index in [-0.39, 0.29) is 5.54 Å². The molecule has 1 atom stereocenters. The molecule has 0 amide bonds. The van der Waals surface area contributed by atoms with Gasteiger partial charge >= 0.3 is 0 Å². The fourth-order valence-electron chi connectivity index (χ4n) is 0.800. The smallest absolute Gasteiger partial charge is 0.0939 e. The van der Waals surface area contributed by atoms with Gasteiger partial charge in [-0.15, -0.1) is 0 Å². The first-order chi connectivity index (χ1) is 5.16. The molecule has 0 aromatic heterocycles. The van der Waals surface area contributed by atoms with Gasteiger partial charge in [0.05, 0.1) is 5.54 Å². The van der Waals surface area contributed by atoms with Crippen LogP contribution in [0, 0.1) is 0 Å². The topological polar surface area (TPSA) is 12.4 Å². The Hall–Kier alpha value is -0.380. The number of aliphatic imine (C=N–C) groups is 1. The second-order valence-electron chi connectivity index (χ2n) is 2.63. The molecule has 0 saturated carbocycles. The zero-order chi connectivity index (χ0) is 8.32. The van der Waals surface area contributed by atoms with Crippen molar-refractivity contribution in [2.45, 2.75) is 12.5 Å². The van der Waals surface area contributed by atoms with Crippen LogP contribution < -0.4 is 0 Å². The molecule has 0 heterocycles. The number of hydrogen-bond acceptors (Lipinski definition) is 1. The van der Waals surface area contributed by atoms with Crippen LogP contribution in [0.4, 0.5) is 0 Å². The van der Waals surface area contributed by atoms with Gasteiger partial charge in [-0.25, -0.2) is 0 Å². The molecule has 0 saturated heterocycles. The van der Waals surface area contributed by atoms with E-state index in [1.165, 1.54) is 3.58 Å². The summed E-state index contributed by atoms with van der Waals surface area (Å²) in [5.74, 6) is 0. The monoisotopic (exact) mass is 259 g/mol. The van der Waals surface area contributed by atoms with Crippen LogP contribution >= 0.6 is 22.6 Å². The highest BCUT2D eigenvalue weighted by molar-refractivity contribution is 14.1. The van der Waals surface area contributed by atoms with Gasteiger partial charge < -0.3 is 0 Å². The Labute approximate surface area is 80.7 Å². The quantitative estimate of drug-likeness (QED) is 0.507. The van der Waals surface area contributed by atoms with Gasteiger partial charge in [0, 0.05) is 3.58 Å². The summed E-state index contributed by atoms with van der Waals surface area (Å²) in [5.41, 5.74) is -0.219. The third kappa shape index (κ3) is 2.29. The predicted molar refractivity (Wildman–Crippen MR) is 58.3 cm³/mol. The van der Waals surface area contributed by atoms with E-state index in [2.05, 4.69) is 40.4 Å². The molecule has 0 N–H and O–H groups in total. The Morgan fingerprint density at radius 2 is 2.27 bits per heavy atom. The molecule has 0 radical (unpaired) electrons. The average Bonchev–Trinajstić information content (AvgIpc) is 2.15. The molecule has 0 aromatic rings. The molecule has 1 unspecified atom stereocenters. The van der Waals surface area contributed by atoms with E-state index >= 15 is 0 Å². The third-order valence-corrected chi connectivity index (χ3v) is 2.33. The van der Waals surface area contributed by atoms with Gasteiger partial charge in [-0.1, -0.05) is 24.3 Å². The van der Waals surface area contributed by atoms with E-state index in [1.807, 2.05) is 31.2 Å². The summed E-state index contributed by atoms with van der Waals surface area (Å²) in [6.45, 7) is 5.57. The van der Waals surface area contributed by atoms with Gasteiger partial charge in [-0.3, -0.25) is 4.99 Å². The Bertz CT molecular complexity index is 250. The van der Waals surface area contributed by atoms with Crippen LogP contribution in [0.25, 0.3) is 0 Å². The zero-order valence-electron chi connectivity index (χ0n) is 6.42. The maximum Gasteiger partial charge on any atom is 0.0939 e. The summed E-state index contributed by atoms with van der Waals surface area (Å²) in [7, 11) is 0. The van der Waals surface area contributed by atoms with E-state index in [0.717, 1.165) is 0 Å². The fraction of sp³-hybridized carbons (Fsp3) is 0.222. The van der Waals surface area contributed by atoms with Crippen molar-refractivity contribution < 1.29 is 0 Å². The fourth-order valence-corrected chi connectivity index (χ4v) is 1.19. The molecule has 1 nitrogen and oxygen atoms in total. The molecule has 0 aromatic carbocycles. The molecule has 0 bridgehead atoms. The van der Waals surface area contributed by atoms with Crippen LogP contribution in [0.5, 0.6) is 0 Å². The van der Waals surface area contributed by atoms with Crippen molar-refractivity contribution in [2.24, 2.45) is 4.99 Å². The van der Waals surface area contributed by atoms with Crippen molar-refractivity contribution in [3.05, 3.63) is 34.0 Å². The van der Waals surface area contributed by atoms with Crippen LogP contribution in [0.15, 0.2) is 39.0 Å². The number of hydrogen-bond donors (Lipinski definition) is 0. The van der Waals surface area contributed by atoms with Gasteiger partial charge in [0.1, 0.15) is 0 Å². The number of halogens is 1. The lowest BCUT2D eigenvalue weighted by Crippen LogP contribution is -2.12. The van der Waals surface area contributed by atoms with Crippen molar-refractivity contribution in [3.8, 4) is 0 Å². The van der Waals surface area contributed by atoms with Crippen LogP contribution in [-0.4, -0.2) is 12.3 Å². The van der Waals surface area contributed by atoms with Crippen molar-refractivity contribution in [1.82, 2.24) is 0 Å².